The zero-order valence-corrected chi connectivity index (χ0v) is 11.3. The van der Waals surface area contributed by atoms with E-state index in [4.69, 9.17) is 4.74 Å². The van der Waals surface area contributed by atoms with Gasteiger partial charge in [0.2, 0.25) is 5.75 Å². The number of para-hydroxylation sites is 1. The molecule has 1 heterocycles. The number of hydrogen-bond acceptors (Lipinski definition) is 4. The van der Waals surface area contributed by atoms with E-state index in [0.29, 0.717) is 17.0 Å². The lowest BCUT2D eigenvalue weighted by molar-refractivity contribution is -0.384. The number of nitro benzene ring substituents is 1. The van der Waals surface area contributed by atoms with Gasteiger partial charge in [0.25, 0.3) is 5.69 Å². The predicted molar refractivity (Wildman–Crippen MR) is 80.0 cm³/mol. The Hall–Kier alpha value is -3.35. The quantitative estimate of drug-likeness (QED) is 0.570. The predicted octanol–water partition coefficient (Wildman–Crippen LogP) is 3.07. The number of rotatable bonds is 4. The van der Waals surface area contributed by atoms with E-state index >= 15 is 0 Å². The Labute approximate surface area is 124 Å². The van der Waals surface area contributed by atoms with Gasteiger partial charge in [0.05, 0.1) is 4.92 Å². The fourth-order valence-electron chi connectivity index (χ4n) is 2.03. The number of aromatic nitrogens is 2. The van der Waals surface area contributed by atoms with Gasteiger partial charge in [0.15, 0.2) is 0 Å². The Bertz CT molecular complexity index is 868. The van der Waals surface area contributed by atoms with Crippen LogP contribution in [0.3, 0.4) is 0 Å². The summed E-state index contributed by atoms with van der Waals surface area (Å²) in [7, 11) is 0. The van der Waals surface area contributed by atoms with Gasteiger partial charge in [-0.25, -0.2) is 0 Å². The van der Waals surface area contributed by atoms with Gasteiger partial charge < -0.3 is 4.74 Å². The maximum absolute atomic E-state index is 11.9. The van der Waals surface area contributed by atoms with Gasteiger partial charge in [0.1, 0.15) is 11.4 Å². The average Bonchev–Trinajstić information content (AvgIpc) is 2.89. The third-order valence-corrected chi connectivity index (χ3v) is 3.04. The van der Waals surface area contributed by atoms with E-state index in [-0.39, 0.29) is 11.4 Å². The first-order valence-corrected chi connectivity index (χ1v) is 6.43. The molecule has 7 heteroatoms. The zero-order chi connectivity index (χ0) is 15.5. The highest BCUT2D eigenvalue weighted by Crippen LogP contribution is 2.30. The van der Waals surface area contributed by atoms with Gasteiger partial charge >= 0.3 is 5.56 Å². The lowest BCUT2D eigenvalue weighted by Crippen LogP contribution is -2.02. The number of hydrogen-bond donors (Lipinski definition) is 2. The van der Waals surface area contributed by atoms with Gasteiger partial charge in [-0.15, -0.1) is 0 Å². The summed E-state index contributed by atoms with van der Waals surface area (Å²) in [5.41, 5.74) is 0.339. The molecule has 0 atom stereocenters. The van der Waals surface area contributed by atoms with E-state index in [1.807, 2.05) is 6.07 Å². The Morgan fingerprint density at radius 2 is 1.77 bits per heavy atom. The van der Waals surface area contributed by atoms with Crippen molar-refractivity contribution in [3.8, 4) is 22.8 Å². The maximum Gasteiger partial charge on any atom is 0.307 e. The van der Waals surface area contributed by atoms with Crippen molar-refractivity contribution in [1.29, 1.82) is 0 Å². The minimum Gasteiger partial charge on any atom is -0.449 e. The monoisotopic (exact) mass is 297 g/mol. The second-order valence-corrected chi connectivity index (χ2v) is 4.51. The Morgan fingerprint density at radius 3 is 2.50 bits per heavy atom. The Kier molecular flexibility index (Phi) is 3.45. The van der Waals surface area contributed by atoms with Gasteiger partial charge in [-0.05, 0) is 12.1 Å². The summed E-state index contributed by atoms with van der Waals surface area (Å²) in [5, 5.41) is 16.0. The van der Waals surface area contributed by atoms with E-state index < -0.39 is 10.5 Å². The summed E-state index contributed by atoms with van der Waals surface area (Å²) in [4.78, 5) is 22.3. The van der Waals surface area contributed by atoms with Crippen LogP contribution in [0.15, 0.2) is 59.4 Å². The van der Waals surface area contributed by atoms with Crippen LogP contribution in [0.2, 0.25) is 0 Å². The van der Waals surface area contributed by atoms with Crippen LogP contribution < -0.4 is 10.3 Å². The molecule has 0 saturated carbocycles. The molecule has 3 rings (SSSR count). The van der Waals surface area contributed by atoms with Crippen molar-refractivity contribution in [2.75, 3.05) is 0 Å². The molecule has 22 heavy (non-hydrogen) atoms. The molecule has 0 radical (unpaired) electrons. The normalized spacial score (nSPS) is 10.4. The zero-order valence-electron chi connectivity index (χ0n) is 11.3. The van der Waals surface area contributed by atoms with Crippen molar-refractivity contribution in [2.24, 2.45) is 0 Å². The molecule has 1 aromatic heterocycles. The summed E-state index contributed by atoms with van der Waals surface area (Å²) in [6.45, 7) is 0. The number of non-ortho nitro benzene ring substituents is 1. The molecule has 0 aliphatic carbocycles. The molecule has 0 saturated heterocycles. The van der Waals surface area contributed by atoms with E-state index in [2.05, 4.69) is 10.2 Å². The molecule has 2 N–H and O–H groups in total. The van der Waals surface area contributed by atoms with Gasteiger partial charge in [-0.3, -0.25) is 25.1 Å². The smallest absolute Gasteiger partial charge is 0.307 e. The van der Waals surface area contributed by atoms with Crippen molar-refractivity contribution >= 4 is 5.69 Å². The minimum absolute atomic E-state index is 0.0618. The number of aromatic amines is 2. The van der Waals surface area contributed by atoms with Crippen molar-refractivity contribution < 1.29 is 9.66 Å². The molecule has 0 fully saturated rings. The van der Waals surface area contributed by atoms with E-state index in [9.17, 15) is 14.9 Å². The highest BCUT2D eigenvalue weighted by atomic mass is 16.6. The summed E-state index contributed by atoms with van der Waals surface area (Å²) < 4.78 is 5.59. The summed E-state index contributed by atoms with van der Waals surface area (Å²) in [5.74, 6) is 0.561. The second kappa shape index (κ2) is 5.57. The van der Waals surface area contributed by atoms with Gasteiger partial charge in [-0.1, -0.05) is 30.3 Å². The van der Waals surface area contributed by atoms with Crippen LogP contribution in [-0.4, -0.2) is 15.1 Å². The molecular weight excluding hydrogens is 286 g/mol. The van der Waals surface area contributed by atoms with Gasteiger partial charge in [-0.2, -0.15) is 0 Å². The largest absolute Gasteiger partial charge is 0.449 e. The van der Waals surface area contributed by atoms with Crippen LogP contribution in [0, 0.1) is 10.1 Å². The molecule has 0 aliphatic rings. The van der Waals surface area contributed by atoms with E-state index in [1.165, 1.54) is 12.1 Å². The number of H-pyrrole nitrogens is 2. The molecule has 0 bridgehead atoms. The molecular formula is C15H11N3O4. The lowest BCUT2D eigenvalue weighted by Gasteiger charge is -2.05. The van der Waals surface area contributed by atoms with Crippen LogP contribution in [0.25, 0.3) is 11.3 Å². The fraction of sp³-hybridized carbons (Fsp3) is 0. The second-order valence-electron chi connectivity index (χ2n) is 4.51. The standard InChI is InChI=1S/C15H11N3O4/c19-15-14(22-12-7-2-1-3-8-12)13(16-17-15)10-5-4-6-11(9-10)18(20)21/h1-9H,(H2,16,17,19). The number of ether oxygens (including phenoxy) is 1. The van der Waals surface area contributed by atoms with Gasteiger partial charge in [0, 0.05) is 17.7 Å². The van der Waals surface area contributed by atoms with Crippen molar-refractivity contribution in [3.05, 3.63) is 75.1 Å². The van der Waals surface area contributed by atoms with Crippen molar-refractivity contribution in [3.63, 3.8) is 0 Å². The van der Waals surface area contributed by atoms with E-state index in [0.717, 1.165) is 0 Å². The SMILES string of the molecule is O=c1[nH][nH]c(-c2cccc([N+](=O)[O-])c2)c1Oc1ccccc1. The fourth-order valence-corrected chi connectivity index (χ4v) is 2.03. The Morgan fingerprint density at radius 1 is 1.00 bits per heavy atom. The summed E-state index contributed by atoms with van der Waals surface area (Å²) in [6.07, 6.45) is 0. The Balaban J connectivity index is 2.04. The molecule has 3 aromatic rings. The number of nitro groups is 1. The highest BCUT2D eigenvalue weighted by molar-refractivity contribution is 5.68. The van der Waals surface area contributed by atoms with Crippen molar-refractivity contribution in [1.82, 2.24) is 10.2 Å². The molecule has 2 aromatic carbocycles. The van der Waals surface area contributed by atoms with Crippen LogP contribution in [0.5, 0.6) is 11.5 Å². The van der Waals surface area contributed by atoms with E-state index in [1.54, 1.807) is 36.4 Å². The van der Waals surface area contributed by atoms with Crippen LogP contribution in [0.1, 0.15) is 0 Å². The lowest BCUT2D eigenvalue weighted by atomic mass is 10.1. The molecule has 0 spiro atoms. The molecule has 0 aliphatic heterocycles. The first-order valence-electron chi connectivity index (χ1n) is 6.43. The molecule has 7 nitrogen and oxygen atoms in total. The number of nitrogens with one attached hydrogen (secondary N) is 2. The van der Waals surface area contributed by atoms with Crippen LogP contribution in [0.4, 0.5) is 5.69 Å². The first kappa shape index (κ1) is 13.6. The molecule has 0 unspecified atom stereocenters. The topological polar surface area (TPSA) is 101 Å². The van der Waals surface area contributed by atoms with Crippen LogP contribution in [-0.2, 0) is 0 Å². The summed E-state index contributed by atoms with van der Waals surface area (Å²) >= 11 is 0. The number of nitrogens with zero attached hydrogens (tertiary/aromatic N) is 1. The maximum atomic E-state index is 11.9. The third kappa shape index (κ3) is 2.59. The third-order valence-electron chi connectivity index (χ3n) is 3.04. The minimum atomic E-state index is -0.494. The first-order chi connectivity index (χ1) is 10.6. The summed E-state index contributed by atoms with van der Waals surface area (Å²) in [6, 6.07) is 14.8. The van der Waals surface area contributed by atoms with Crippen LogP contribution >= 0.6 is 0 Å². The van der Waals surface area contributed by atoms with Crippen molar-refractivity contribution in [2.45, 2.75) is 0 Å². The number of benzene rings is 2. The average molecular weight is 297 g/mol. The molecule has 110 valence electrons. The highest BCUT2D eigenvalue weighted by Gasteiger charge is 2.16. The molecule has 0 amide bonds.